The van der Waals surface area contributed by atoms with E-state index in [1.165, 1.54) is 7.05 Å². The lowest BCUT2D eigenvalue weighted by molar-refractivity contribution is -0.129. The number of anilines is 2. The SMILES string of the molecule is C.CNc1c(F)c(NC2CCN(C(C)=O)CC2)cc2c1c(=O)c(C(=O)O)c1n2C(C)CC1. The van der Waals surface area contributed by atoms with Crippen LogP contribution in [0, 0.1) is 5.82 Å². The largest absolute Gasteiger partial charge is 0.477 e. The molecule has 1 unspecified atom stereocenters. The quantitative estimate of drug-likeness (QED) is 0.665. The molecule has 2 aliphatic heterocycles. The molecule has 1 aromatic heterocycles. The lowest BCUT2D eigenvalue weighted by atomic mass is 10.0. The number of hydrogen-bond acceptors (Lipinski definition) is 5. The van der Waals surface area contributed by atoms with E-state index in [4.69, 9.17) is 0 Å². The number of benzene rings is 1. The fourth-order valence-corrected chi connectivity index (χ4v) is 4.93. The molecule has 3 heterocycles. The average Bonchev–Trinajstić information content (AvgIpc) is 3.10. The van der Waals surface area contributed by atoms with Crippen molar-refractivity contribution in [2.24, 2.45) is 0 Å². The highest BCUT2D eigenvalue weighted by molar-refractivity contribution is 6.01. The van der Waals surface area contributed by atoms with Gasteiger partial charge in [0.1, 0.15) is 5.56 Å². The van der Waals surface area contributed by atoms with Crippen molar-refractivity contribution in [2.75, 3.05) is 30.8 Å². The van der Waals surface area contributed by atoms with Crippen molar-refractivity contribution in [3.05, 3.63) is 33.4 Å². The zero-order valence-corrected chi connectivity index (χ0v) is 17.9. The van der Waals surface area contributed by atoms with E-state index in [9.17, 15) is 19.5 Å². The Morgan fingerprint density at radius 1 is 1.22 bits per heavy atom. The van der Waals surface area contributed by atoms with Gasteiger partial charge in [-0.1, -0.05) is 7.43 Å². The van der Waals surface area contributed by atoms with Crippen molar-refractivity contribution in [2.45, 2.75) is 59.0 Å². The molecule has 0 aliphatic carbocycles. The summed E-state index contributed by atoms with van der Waals surface area (Å²) >= 11 is 0. The van der Waals surface area contributed by atoms with Gasteiger partial charge in [0.05, 0.1) is 22.3 Å². The number of pyridine rings is 1. The summed E-state index contributed by atoms with van der Waals surface area (Å²) in [6, 6.07) is 1.62. The van der Waals surface area contributed by atoms with Crippen LogP contribution in [-0.2, 0) is 11.2 Å². The molecule has 0 spiro atoms. The summed E-state index contributed by atoms with van der Waals surface area (Å²) in [6.07, 6.45) is 2.60. The van der Waals surface area contributed by atoms with E-state index < -0.39 is 17.2 Å². The minimum Gasteiger partial charge on any atom is -0.477 e. The smallest absolute Gasteiger partial charge is 0.341 e. The monoisotopic (exact) mass is 446 g/mol. The third-order valence-electron chi connectivity index (χ3n) is 6.54. The van der Waals surface area contributed by atoms with Gasteiger partial charge in [0.2, 0.25) is 11.3 Å². The minimum absolute atomic E-state index is 0. The van der Waals surface area contributed by atoms with Crippen LogP contribution < -0.4 is 16.1 Å². The van der Waals surface area contributed by atoms with Crippen LogP contribution in [0.3, 0.4) is 0 Å². The van der Waals surface area contributed by atoms with E-state index in [0.717, 1.165) is 6.42 Å². The van der Waals surface area contributed by atoms with Gasteiger partial charge in [-0.2, -0.15) is 0 Å². The highest BCUT2D eigenvalue weighted by Gasteiger charge is 2.31. The Balaban J connectivity index is 0.00000289. The van der Waals surface area contributed by atoms with E-state index in [2.05, 4.69) is 10.6 Å². The highest BCUT2D eigenvalue weighted by Crippen LogP contribution is 2.37. The van der Waals surface area contributed by atoms with E-state index >= 15 is 4.39 Å². The lowest BCUT2D eigenvalue weighted by Crippen LogP contribution is -2.41. The summed E-state index contributed by atoms with van der Waals surface area (Å²) in [5.74, 6) is -1.86. The molecule has 2 aliphatic rings. The Labute approximate surface area is 186 Å². The Morgan fingerprint density at radius 3 is 2.44 bits per heavy atom. The molecule has 8 nitrogen and oxygen atoms in total. The topological polar surface area (TPSA) is 104 Å². The number of amides is 1. The fraction of sp³-hybridized carbons (Fsp3) is 0.522. The maximum Gasteiger partial charge on any atom is 0.341 e. The third kappa shape index (κ3) is 3.69. The summed E-state index contributed by atoms with van der Waals surface area (Å²) in [6.45, 7) is 4.73. The number of hydrogen-bond donors (Lipinski definition) is 3. The predicted molar refractivity (Wildman–Crippen MR) is 123 cm³/mol. The molecule has 0 radical (unpaired) electrons. The second-order valence-corrected chi connectivity index (χ2v) is 8.40. The number of aromatic carboxylic acids is 1. The van der Waals surface area contributed by atoms with Crippen molar-refractivity contribution in [3.63, 3.8) is 0 Å². The molecule has 3 N–H and O–H groups in total. The second kappa shape index (κ2) is 8.80. The number of piperidine rings is 1. The van der Waals surface area contributed by atoms with Gasteiger partial charge in [-0.15, -0.1) is 0 Å². The Hall–Kier alpha value is -3.10. The van der Waals surface area contributed by atoms with Crippen LogP contribution in [0.5, 0.6) is 0 Å². The molecule has 1 atom stereocenters. The summed E-state index contributed by atoms with van der Waals surface area (Å²) in [5, 5.41) is 15.8. The molecule has 1 amide bonds. The molecule has 4 rings (SSSR count). The molecule has 9 heteroatoms. The molecular formula is C23H31FN4O4. The van der Waals surface area contributed by atoms with Crippen LogP contribution >= 0.6 is 0 Å². The predicted octanol–water partition coefficient (Wildman–Crippen LogP) is 3.45. The van der Waals surface area contributed by atoms with Crippen LogP contribution in [0.1, 0.15) is 62.6 Å². The molecular weight excluding hydrogens is 415 g/mol. The molecule has 174 valence electrons. The normalized spacial score (nSPS) is 18.2. The molecule has 0 bridgehead atoms. The molecule has 32 heavy (non-hydrogen) atoms. The number of aromatic nitrogens is 1. The first-order chi connectivity index (χ1) is 14.7. The van der Waals surface area contributed by atoms with Gasteiger partial charge in [-0.25, -0.2) is 9.18 Å². The number of carboxylic acid groups (broad SMARTS) is 1. The zero-order chi connectivity index (χ0) is 22.4. The number of nitrogens with one attached hydrogen (secondary N) is 2. The van der Waals surface area contributed by atoms with E-state index in [-0.39, 0.29) is 47.7 Å². The van der Waals surface area contributed by atoms with Crippen LogP contribution in [-0.4, -0.2) is 52.6 Å². The van der Waals surface area contributed by atoms with Gasteiger partial charge >= 0.3 is 5.97 Å². The summed E-state index contributed by atoms with van der Waals surface area (Å²) in [7, 11) is 1.52. The van der Waals surface area contributed by atoms with E-state index in [1.807, 2.05) is 11.5 Å². The zero-order valence-electron chi connectivity index (χ0n) is 17.9. The number of nitrogens with zero attached hydrogens (tertiary/aromatic N) is 2. The van der Waals surface area contributed by atoms with Gasteiger partial charge < -0.3 is 25.2 Å². The van der Waals surface area contributed by atoms with E-state index in [0.29, 0.717) is 43.6 Å². The van der Waals surface area contributed by atoms with Crippen LogP contribution in [0.4, 0.5) is 15.8 Å². The first-order valence-electron chi connectivity index (χ1n) is 10.6. The molecule has 1 saturated heterocycles. The van der Waals surface area contributed by atoms with Gasteiger partial charge in [0.15, 0.2) is 5.82 Å². The summed E-state index contributed by atoms with van der Waals surface area (Å²) in [5.41, 5.74) is 0.367. The summed E-state index contributed by atoms with van der Waals surface area (Å²) < 4.78 is 17.3. The highest BCUT2D eigenvalue weighted by atomic mass is 19.1. The van der Waals surface area contributed by atoms with Gasteiger partial charge in [0.25, 0.3) is 0 Å². The van der Waals surface area contributed by atoms with Crippen LogP contribution in [0.15, 0.2) is 10.9 Å². The van der Waals surface area contributed by atoms with Crippen molar-refractivity contribution < 1.29 is 19.1 Å². The van der Waals surface area contributed by atoms with Crippen molar-refractivity contribution in [1.29, 1.82) is 0 Å². The number of likely N-dealkylation sites (tertiary alicyclic amines) is 1. The molecule has 0 saturated carbocycles. The number of carboxylic acids is 1. The van der Waals surface area contributed by atoms with E-state index in [1.54, 1.807) is 17.9 Å². The molecule has 2 aromatic rings. The van der Waals surface area contributed by atoms with Crippen LogP contribution in [0.2, 0.25) is 0 Å². The Morgan fingerprint density at radius 2 is 1.88 bits per heavy atom. The standard InChI is InChI=1S/C22H27FN4O4.CH4/c1-11-4-5-15-18(22(30)31)21(29)17-16(27(11)15)10-14(19(23)20(17)24-3)25-13-6-8-26(9-7-13)12(2)28;/h10-11,13,24-25H,4-9H2,1-3H3,(H,30,31);1H4. The minimum atomic E-state index is -1.29. The van der Waals surface area contributed by atoms with Crippen molar-refractivity contribution >= 4 is 34.2 Å². The lowest BCUT2D eigenvalue weighted by Gasteiger charge is -2.32. The Kier molecular flexibility index (Phi) is 6.48. The van der Waals surface area contributed by atoms with Gasteiger partial charge in [0, 0.05) is 44.8 Å². The summed E-state index contributed by atoms with van der Waals surface area (Å²) in [4.78, 5) is 38.3. The third-order valence-corrected chi connectivity index (χ3v) is 6.54. The number of rotatable bonds is 4. The van der Waals surface area contributed by atoms with Crippen molar-refractivity contribution in [3.8, 4) is 0 Å². The number of fused-ring (bicyclic) bond motifs is 3. The van der Waals surface area contributed by atoms with Gasteiger partial charge in [-0.05, 0) is 38.7 Å². The fourth-order valence-electron chi connectivity index (χ4n) is 4.93. The first kappa shape index (κ1) is 23.6. The van der Waals surface area contributed by atoms with Crippen molar-refractivity contribution in [1.82, 2.24) is 9.47 Å². The maximum atomic E-state index is 15.4. The maximum absolute atomic E-state index is 15.4. The number of halogens is 1. The molecule has 1 aromatic carbocycles. The average molecular weight is 447 g/mol. The second-order valence-electron chi connectivity index (χ2n) is 8.40. The van der Waals surface area contributed by atoms with Crippen LogP contribution in [0.25, 0.3) is 10.9 Å². The number of carbonyl (C=O) groups is 2. The molecule has 1 fully saturated rings. The number of carbonyl (C=O) groups excluding carboxylic acids is 1. The van der Waals surface area contributed by atoms with Gasteiger partial charge in [-0.3, -0.25) is 9.59 Å². The Bertz CT molecular complexity index is 1140. The first-order valence-corrected chi connectivity index (χ1v) is 10.6.